The second-order valence-corrected chi connectivity index (χ2v) is 3.64. The number of hydrogen-bond acceptors (Lipinski definition) is 0. The number of benzene rings is 1. The molecule has 0 radical (unpaired) electrons. The highest BCUT2D eigenvalue weighted by Crippen LogP contribution is 2.37. The van der Waals surface area contributed by atoms with E-state index in [0.29, 0.717) is 12.1 Å². The van der Waals surface area contributed by atoms with Crippen LogP contribution in [-0.2, 0) is 6.18 Å². The van der Waals surface area contributed by atoms with Crippen LogP contribution in [0.5, 0.6) is 0 Å². The first-order valence-electron chi connectivity index (χ1n) is 4.16. The van der Waals surface area contributed by atoms with Crippen LogP contribution in [0.4, 0.5) is 26.3 Å². The molecule has 0 saturated carbocycles. The van der Waals surface area contributed by atoms with E-state index in [9.17, 15) is 26.3 Å². The standard InChI is InChI=1S/C10H5ClF6/c1-5(9(12,13)14)6-2-7(10(15,16)17)4-8(11)3-6/h2-4H,1H2. The molecule has 1 aromatic carbocycles. The van der Waals surface area contributed by atoms with Crippen molar-refractivity contribution in [3.05, 3.63) is 40.9 Å². The van der Waals surface area contributed by atoms with Crippen molar-refractivity contribution in [2.45, 2.75) is 12.4 Å². The SMILES string of the molecule is C=C(c1cc(Cl)cc(C(F)(F)F)c1)C(F)(F)F. The van der Waals surface area contributed by atoms with E-state index in [2.05, 4.69) is 6.58 Å². The summed E-state index contributed by atoms with van der Waals surface area (Å²) in [6.07, 6.45) is -9.56. The van der Waals surface area contributed by atoms with Gasteiger partial charge >= 0.3 is 12.4 Å². The van der Waals surface area contributed by atoms with Crippen LogP contribution in [0.3, 0.4) is 0 Å². The summed E-state index contributed by atoms with van der Waals surface area (Å²) >= 11 is 5.34. The average molecular weight is 275 g/mol. The number of halogens is 7. The van der Waals surface area contributed by atoms with Crippen molar-refractivity contribution in [2.24, 2.45) is 0 Å². The van der Waals surface area contributed by atoms with E-state index in [0.717, 1.165) is 6.07 Å². The maximum absolute atomic E-state index is 12.3. The molecule has 0 fully saturated rings. The molecule has 0 heterocycles. The second kappa shape index (κ2) is 4.25. The third kappa shape index (κ3) is 3.39. The molecule has 0 saturated heterocycles. The molecule has 0 nitrogen and oxygen atoms in total. The zero-order valence-electron chi connectivity index (χ0n) is 8.08. The molecule has 0 unspecified atom stereocenters. The van der Waals surface area contributed by atoms with Crippen LogP contribution in [0.1, 0.15) is 11.1 Å². The van der Waals surface area contributed by atoms with Crippen LogP contribution in [0.15, 0.2) is 24.8 Å². The van der Waals surface area contributed by atoms with E-state index in [1.54, 1.807) is 0 Å². The first-order chi connectivity index (χ1) is 7.51. The Balaban J connectivity index is 3.29. The zero-order valence-corrected chi connectivity index (χ0v) is 8.84. The Morgan fingerprint density at radius 3 is 1.94 bits per heavy atom. The van der Waals surface area contributed by atoms with Gasteiger partial charge in [0, 0.05) is 5.02 Å². The summed E-state index contributed by atoms with van der Waals surface area (Å²) in [4.78, 5) is 0. The van der Waals surface area contributed by atoms with Gasteiger partial charge in [0.2, 0.25) is 0 Å². The highest BCUT2D eigenvalue weighted by molar-refractivity contribution is 6.30. The van der Waals surface area contributed by atoms with Crippen LogP contribution < -0.4 is 0 Å². The molecule has 0 aromatic heterocycles. The van der Waals surface area contributed by atoms with Gasteiger partial charge in [-0.15, -0.1) is 0 Å². The van der Waals surface area contributed by atoms with E-state index in [-0.39, 0.29) is 0 Å². The summed E-state index contributed by atoms with van der Waals surface area (Å²) in [5, 5.41) is -0.430. The second-order valence-electron chi connectivity index (χ2n) is 3.20. The first kappa shape index (κ1) is 13.9. The molecule has 1 aromatic rings. The smallest absolute Gasteiger partial charge is 0.166 e. The predicted molar refractivity (Wildman–Crippen MR) is 51.5 cm³/mol. The van der Waals surface area contributed by atoms with Gasteiger partial charge in [-0.3, -0.25) is 0 Å². The zero-order chi connectivity index (χ0) is 13.4. The van der Waals surface area contributed by atoms with Gasteiger partial charge in [-0.25, -0.2) is 0 Å². The molecule has 0 aliphatic rings. The van der Waals surface area contributed by atoms with Crippen molar-refractivity contribution in [1.82, 2.24) is 0 Å². The summed E-state index contributed by atoms with van der Waals surface area (Å²) in [6.45, 7) is 2.71. The maximum Gasteiger partial charge on any atom is 0.416 e. The molecule has 0 amide bonds. The normalized spacial score (nSPS) is 12.6. The van der Waals surface area contributed by atoms with Crippen molar-refractivity contribution in [3.8, 4) is 0 Å². The van der Waals surface area contributed by atoms with Gasteiger partial charge in [0.15, 0.2) is 0 Å². The molecule has 0 atom stereocenters. The van der Waals surface area contributed by atoms with Gasteiger partial charge in [-0.2, -0.15) is 26.3 Å². The predicted octanol–water partition coefficient (Wildman–Crippen LogP) is 4.93. The Bertz CT molecular complexity index is 443. The molecule has 0 spiro atoms. The third-order valence-electron chi connectivity index (χ3n) is 1.92. The number of hydrogen-bond donors (Lipinski definition) is 0. The molecule has 94 valence electrons. The van der Waals surface area contributed by atoms with Crippen LogP contribution in [0.2, 0.25) is 5.02 Å². The number of allylic oxidation sites excluding steroid dienone is 1. The molecule has 0 aliphatic carbocycles. The Labute approximate surface area is 97.5 Å². The van der Waals surface area contributed by atoms with Crippen molar-refractivity contribution < 1.29 is 26.3 Å². The Kier molecular flexibility index (Phi) is 3.47. The van der Waals surface area contributed by atoms with E-state index in [4.69, 9.17) is 11.6 Å². The molecule has 0 bridgehead atoms. The highest BCUT2D eigenvalue weighted by Gasteiger charge is 2.36. The number of rotatable bonds is 1. The van der Waals surface area contributed by atoms with Gasteiger partial charge in [-0.05, 0) is 23.8 Å². The molecule has 0 N–H and O–H groups in total. The van der Waals surface area contributed by atoms with Crippen molar-refractivity contribution in [3.63, 3.8) is 0 Å². The molecule has 0 aliphatic heterocycles. The molecular formula is C10H5ClF6. The van der Waals surface area contributed by atoms with Crippen molar-refractivity contribution >= 4 is 17.2 Å². The lowest BCUT2D eigenvalue weighted by Crippen LogP contribution is -2.11. The maximum atomic E-state index is 12.3. The van der Waals surface area contributed by atoms with Crippen LogP contribution in [0.25, 0.3) is 5.57 Å². The minimum atomic E-state index is -4.80. The van der Waals surface area contributed by atoms with Gasteiger partial charge in [-0.1, -0.05) is 18.2 Å². The van der Waals surface area contributed by atoms with Crippen LogP contribution >= 0.6 is 11.6 Å². The number of alkyl halides is 6. The van der Waals surface area contributed by atoms with Crippen LogP contribution in [0, 0.1) is 0 Å². The summed E-state index contributed by atoms with van der Waals surface area (Å²) in [5.41, 5.74) is -3.31. The highest BCUT2D eigenvalue weighted by atomic mass is 35.5. The Morgan fingerprint density at radius 2 is 1.53 bits per heavy atom. The minimum Gasteiger partial charge on any atom is -0.166 e. The fraction of sp³-hybridized carbons (Fsp3) is 0.200. The summed E-state index contributed by atoms with van der Waals surface area (Å²) in [6, 6.07) is 1.70. The fourth-order valence-electron chi connectivity index (χ4n) is 1.09. The topological polar surface area (TPSA) is 0 Å². The van der Waals surface area contributed by atoms with E-state index in [1.165, 1.54) is 0 Å². The molecule has 7 heteroatoms. The molecular weight excluding hydrogens is 270 g/mol. The van der Waals surface area contributed by atoms with Gasteiger partial charge in [0.1, 0.15) is 0 Å². The largest absolute Gasteiger partial charge is 0.416 e. The monoisotopic (exact) mass is 274 g/mol. The van der Waals surface area contributed by atoms with E-state index in [1.807, 2.05) is 0 Å². The van der Waals surface area contributed by atoms with Gasteiger partial charge < -0.3 is 0 Å². The quantitative estimate of drug-likeness (QED) is 0.637. The van der Waals surface area contributed by atoms with Crippen LogP contribution in [-0.4, -0.2) is 6.18 Å². The summed E-state index contributed by atoms with van der Waals surface area (Å²) in [5.74, 6) is 0. The van der Waals surface area contributed by atoms with E-state index < -0.39 is 34.1 Å². The molecule has 1 rings (SSSR count). The average Bonchev–Trinajstić information content (AvgIpc) is 2.12. The Hall–Kier alpha value is -1.17. The van der Waals surface area contributed by atoms with Gasteiger partial charge in [0.25, 0.3) is 0 Å². The summed E-state index contributed by atoms with van der Waals surface area (Å²) in [7, 11) is 0. The molecule has 17 heavy (non-hydrogen) atoms. The Morgan fingerprint density at radius 1 is 1.00 bits per heavy atom. The van der Waals surface area contributed by atoms with Gasteiger partial charge in [0.05, 0.1) is 11.1 Å². The lowest BCUT2D eigenvalue weighted by molar-refractivity contribution is -0.137. The fourth-order valence-corrected chi connectivity index (χ4v) is 1.33. The third-order valence-corrected chi connectivity index (χ3v) is 2.13. The minimum absolute atomic E-state index is 0.363. The lowest BCUT2D eigenvalue weighted by Gasteiger charge is -2.13. The lowest BCUT2D eigenvalue weighted by atomic mass is 10.0. The summed E-state index contributed by atoms with van der Waals surface area (Å²) < 4.78 is 73.8. The van der Waals surface area contributed by atoms with Crippen molar-refractivity contribution in [2.75, 3.05) is 0 Å². The first-order valence-corrected chi connectivity index (χ1v) is 4.54. The van der Waals surface area contributed by atoms with E-state index >= 15 is 0 Å². The van der Waals surface area contributed by atoms with Crippen molar-refractivity contribution in [1.29, 1.82) is 0 Å².